The van der Waals surface area contributed by atoms with Crippen LogP contribution in [0.4, 0.5) is 5.69 Å². The van der Waals surface area contributed by atoms with E-state index in [4.69, 9.17) is 21.4 Å². The first-order valence-corrected chi connectivity index (χ1v) is 7.38. The minimum atomic E-state index is -1.12. The number of aromatic carboxylic acids is 1. The van der Waals surface area contributed by atoms with Crippen LogP contribution in [0, 0.1) is 0 Å². The van der Waals surface area contributed by atoms with Gasteiger partial charge in [0.2, 0.25) is 5.91 Å². The van der Waals surface area contributed by atoms with E-state index < -0.39 is 5.97 Å². The van der Waals surface area contributed by atoms with E-state index in [1.165, 1.54) is 12.1 Å². The number of nitrogens with one attached hydrogen (secondary N) is 1. The number of carboxylic acids is 1. The molecule has 1 aromatic rings. The molecule has 0 bridgehead atoms. The van der Waals surface area contributed by atoms with Crippen molar-refractivity contribution in [3.05, 3.63) is 28.8 Å². The summed E-state index contributed by atoms with van der Waals surface area (Å²) in [4.78, 5) is 23.1. The topological polar surface area (TPSA) is 75.6 Å². The Kier molecular flexibility index (Phi) is 5.59. The van der Waals surface area contributed by atoms with Crippen molar-refractivity contribution < 1.29 is 19.4 Å². The Morgan fingerprint density at radius 2 is 2.19 bits per heavy atom. The predicted octanol–water partition coefficient (Wildman–Crippen LogP) is 3.33. The molecule has 0 aromatic heterocycles. The summed E-state index contributed by atoms with van der Waals surface area (Å²) in [5.74, 6) is -1.34. The number of benzene rings is 1. The minimum Gasteiger partial charge on any atom is -0.478 e. The fraction of sp³-hybridized carbons (Fsp3) is 0.467. The molecule has 1 heterocycles. The van der Waals surface area contributed by atoms with E-state index in [0.717, 1.165) is 25.9 Å². The molecule has 6 heteroatoms. The number of hydrogen-bond donors (Lipinski definition) is 2. The smallest absolute Gasteiger partial charge is 0.337 e. The fourth-order valence-corrected chi connectivity index (χ4v) is 2.51. The zero-order valence-corrected chi connectivity index (χ0v) is 12.4. The summed E-state index contributed by atoms with van der Waals surface area (Å²) < 4.78 is 5.56. The lowest BCUT2D eigenvalue weighted by Crippen LogP contribution is -2.22. The van der Waals surface area contributed by atoms with Gasteiger partial charge in [0, 0.05) is 18.1 Å². The van der Waals surface area contributed by atoms with Gasteiger partial charge < -0.3 is 15.2 Å². The zero-order chi connectivity index (χ0) is 15.2. The fourth-order valence-electron chi connectivity index (χ4n) is 2.34. The highest BCUT2D eigenvalue weighted by Gasteiger charge is 2.17. The van der Waals surface area contributed by atoms with Crippen LogP contribution >= 0.6 is 11.6 Å². The first-order valence-electron chi connectivity index (χ1n) is 7.00. The number of carboxylic acid groups (broad SMARTS) is 1. The quantitative estimate of drug-likeness (QED) is 0.874. The second-order valence-electron chi connectivity index (χ2n) is 5.07. The van der Waals surface area contributed by atoms with Crippen LogP contribution in [0.25, 0.3) is 0 Å². The van der Waals surface area contributed by atoms with Crippen molar-refractivity contribution in [2.45, 2.75) is 38.2 Å². The molecule has 2 N–H and O–H groups in total. The van der Waals surface area contributed by atoms with Crippen LogP contribution in [0.3, 0.4) is 0 Å². The van der Waals surface area contributed by atoms with Gasteiger partial charge in [0.05, 0.1) is 17.4 Å². The maximum absolute atomic E-state index is 11.9. The average molecular weight is 312 g/mol. The van der Waals surface area contributed by atoms with Gasteiger partial charge in [-0.2, -0.15) is 0 Å². The Bertz CT molecular complexity index is 526. The summed E-state index contributed by atoms with van der Waals surface area (Å²) in [7, 11) is 0. The number of amides is 1. The lowest BCUT2D eigenvalue weighted by Gasteiger charge is -2.22. The monoisotopic (exact) mass is 311 g/mol. The maximum atomic E-state index is 11.9. The van der Waals surface area contributed by atoms with Crippen LogP contribution in [0.1, 0.15) is 42.5 Å². The summed E-state index contributed by atoms with van der Waals surface area (Å²) in [6, 6.07) is 4.37. The van der Waals surface area contributed by atoms with Gasteiger partial charge in [-0.1, -0.05) is 11.6 Å². The highest BCUT2D eigenvalue weighted by molar-refractivity contribution is 6.31. The summed E-state index contributed by atoms with van der Waals surface area (Å²) >= 11 is 5.77. The molecule has 1 aliphatic rings. The Hall–Kier alpha value is -1.59. The number of rotatable bonds is 5. The first-order chi connectivity index (χ1) is 10.1. The molecule has 21 heavy (non-hydrogen) atoms. The van der Waals surface area contributed by atoms with Gasteiger partial charge in [-0.25, -0.2) is 4.79 Å². The zero-order valence-electron chi connectivity index (χ0n) is 11.6. The van der Waals surface area contributed by atoms with Crippen LogP contribution in [0.15, 0.2) is 18.2 Å². The third-order valence-electron chi connectivity index (χ3n) is 3.45. The molecule has 1 saturated heterocycles. The van der Waals surface area contributed by atoms with Gasteiger partial charge in [0.25, 0.3) is 0 Å². The molecular weight excluding hydrogens is 294 g/mol. The Balaban J connectivity index is 1.91. The van der Waals surface area contributed by atoms with E-state index in [-0.39, 0.29) is 23.3 Å². The Labute approximate surface area is 128 Å². The maximum Gasteiger partial charge on any atom is 0.337 e. The number of anilines is 1. The second kappa shape index (κ2) is 7.43. The van der Waals surface area contributed by atoms with Crippen molar-refractivity contribution >= 4 is 29.2 Å². The number of halogens is 1. The van der Waals surface area contributed by atoms with Gasteiger partial charge in [-0.15, -0.1) is 0 Å². The van der Waals surface area contributed by atoms with Gasteiger partial charge in [-0.05, 0) is 43.9 Å². The molecular formula is C15H18ClNO4. The summed E-state index contributed by atoms with van der Waals surface area (Å²) in [5.41, 5.74) is 0.256. The second-order valence-corrected chi connectivity index (χ2v) is 5.51. The number of carbonyl (C=O) groups excluding carboxylic acids is 1. The molecule has 0 aliphatic carbocycles. The molecule has 1 amide bonds. The molecule has 1 unspecified atom stereocenters. The van der Waals surface area contributed by atoms with Crippen molar-refractivity contribution in [2.75, 3.05) is 11.9 Å². The van der Waals surface area contributed by atoms with Crippen molar-refractivity contribution in [1.29, 1.82) is 0 Å². The molecule has 5 nitrogen and oxygen atoms in total. The summed E-state index contributed by atoms with van der Waals surface area (Å²) in [6.45, 7) is 0.757. The van der Waals surface area contributed by atoms with Crippen LogP contribution < -0.4 is 5.32 Å². The van der Waals surface area contributed by atoms with E-state index in [0.29, 0.717) is 17.9 Å². The normalized spacial score (nSPS) is 18.2. The third kappa shape index (κ3) is 4.72. The number of hydrogen-bond acceptors (Lipinski definition) is 3. The molecule has 0 spiro atoms. The van der Waals surface area contributed by atoms with E-state index in [2.05, 4.69) is 5.32 Å². The van der Waals surface area contributed by atoms with Crippen molar-refractivity contribution in [2.24, 2.45) is 0 Å². The Morgan fingerprint density at radius 3 is 2.86 bits per heavy atom. The summed E-state index contributed by atoms with van der Waals surface area (Å²) in [6.07, 6.45) is 4.29. The largest absolute Gasteiger partial charge is 0.478 e. The van der Waals surface area contributed by atoms with E-state index in [1.807, 2.05) is 0 Å². The average Bonchev–Trinajstić information content (AvgIpc) is 2.48. The van der Waals surface area contributed by atoms with Crippen molar-refractivity contribution in [3.63, 3.8) is 0 Å². The molecule has 1 atom stereocenters. The predicted molar refractivity (Wildman–Crippen MR) is 79.9 cm³/mol. The van der Waals surface area contributed by atoms with Crippen LogP contribution in [-0.4, -0.2) is 29.7 Å². The van der Waals surface area contributed by atoms with Gasteiger partial charge >= 0.3 is 5.97 Å². The minimum absolute atomic E-state index is 0.00948. The van der Waals surface area contributed by atoms with E-state index >= 15 is 0 Å². The van der Waals surface area contributed by atoms with E-state index in [9.17, 15) is 9.59 Å². The standard InChI is InChI=1S/C15H18ClNO4/c16-10-4-6-13(12(9-10)15(19)20)17-14(18)7-5-11-3-1-2-8-21-11/h4,6,9,11H,1-3,5,7-8H2,(H,17,18)(H,19,20). The highest BCUT2D eigenvalue weighted by atomic mass is 35.5. The van der Waals surface area contributed by atoms with Gasteiger partial charge in [-0.3, -0.25) is 4.79 Å². The van der Waals surface area contributed by atoms with Crippen LogP contribution in [0.2, 0.25) is 5.02 Å². The molecule has 1 fully saturated rings. The van der Waals surface area contributed by atoms with Crippen molar-refractivity contribution in [3.8, 4) is 0 Å². The molecule has 0 radical (unpaired) electrons. The van der Waals surface area contributed by atoms with Crippen molar-refractivity contribution in [1.82, 2.24) is 0 Å². The number of ether oxygens (including phenoxy) is 1. The molecule has 2 rings (SSSR count). The van der Waals surface area contributed by atoms with Crippen LogP contribution in [0.5, 0.6) is 0 Å². The van der Waals surface area contributed by atoms with Gasteiger partial charge in [0.1, 0.15) is 0 Å². The molecule has 0 saturated carbocycles. The van der Waals surface area contributed by atoms with Gasteiger partial charge in [0.15, 0.2) is 0 Å². The first kappa shape index (κ1) is 15.8. The summed E-state index contributed by atoms with van der Waals surface area (Å²) in [5, 5.41) is 12.1. The SMILES string of the molecule is O=C(CCC1CCCCO1)Nc1ccc(Cl)cc1C(=O)O. The number of carbonyl (C=O) groups is 2. The molecule has 1 aliphatic heterocycles. The highest BCUT2D eigenvalue weighted by Crippen LogP contribution is 2.22. The van der Waals surface area contributed by atoms with Crippen LogP contribution in [-0.2, 0) is 9.53 Å². The lowest BCUT2D eigenvalue weighted by molar-refractivity contribution is -0.117. The lowest BCUT2D eigenvalue weighted by atomic mass is 10.0. The molecule has 1 aromatic carbocycles. The Morgan fingerprint density at radius 1 is 1.38 bits per heavy atom. The third-order valence-corrected chi connectivity index (χ3v) is 3.69. The molecule has 114 valence electrons. The van der Waals surface area contributed by atoms with E-state index in [1.54, 1.807) is 6.07 Å².